The molecule has 2 heterocycles. The predicted octanol–water partition coefficient (Wildman–Crippen LogP) is 3.46. The van der Waals surface area contributed by atoms with E-state index < -0.39 is 54.1 Å². The van der Waals surface area contributed by atoms with Crippen LogP contribution in [-0.4, -0.2) is 47.3 Å². The average molecular weight is 469 g/mol. The van der Waals surface area contributed by atoms with Crippen molar-refractivity contribution in [3.8, 4) is 11.1 Å². The number of likely N-dealkylation sites (tertiary alicyclic amines) is 1. The zero-order valence-corrected chi connectivity index (χ0v) is 16.5. The number of amides is 2. The van der Waals surface area contributed by atoms with Gasteiger partial charge < -0.3 is 10.6 Å². The van der Waals surface area contributed by atoms with E-state index in [4.69, 9.17) is 23.2 Å². The van der Waals surface area contributed by atoms with Gasteiger partial charge in [0.1, 0.15) is 6.54 Å². The topological polar surface area (TPSA) is 92.7 Å². The number of anilines is 1. The lowest BCUT2D eigenvalue weighted by Crippen LogP contribution is -2.61. The fourth-order valence-corrected chi connectivity index (χ4v) is 3.90. The second kappa shape index (κ2) is 7.67. The lowest BCUT2D eigenvalue weighted by Gasteiger charge is -2.39. The molecule has 30 heavy (non-hydrogen) atoms. The maximum absolute atomic E-state index is 13.2. The molecule has 162 valence electrons. The minimum atomic E-state index is -4.72. The molecule has 1 aliphatic heterocycles. The molecular formula is C17H14ClF5N4O2S. The van der Waals surface area contributed by atoms with E-state index in [9.17, 15) is 31.5 Å². The zero-order valence-electron chi connectivity index (χ0n) is 15.0. The van der Waals surface area contributed by atoms with Crippen LogP contribution in [0.15, 0.2) is 23.6 Å². The van der Waals surface area contributed by atoms with E-state index in [1.54, 1.807) is 0 Å². The number of carbonyl (C=O) groups excluding carboxylic acids is 2. The van der Waals surface area contributed by atoms with Gasteiger partial charge in [0.2, 0.25) is 5.91 Å². The molecule has 0 saturated carbocycles. The molecule has 13 heteroatoms. The second-order valence-electron chi connectivity index (χ2n) is 6.62. The summed E-state index contributed by atoms with van der Waals surface area (Å²) in [5.41, 5.74) is 4.61. The highest BCUT2D eigenvalue weighted by Crippen LogP contribution is 2.40. The van der Waals surface area contributed by atoms with E-state index in [-0.39, 0.29) is 21.7 Å². The molecular weight excluding hydrogens is 455 g/mol. The van der Waals surface area contributed by atoms with E-state index in [0.717, 1.165) is 28.4 Å². The average Bonchev–Trinajstić information content (AvgIpc) is 2.99. The number of nitrogen functional groups attached to an aromatic ring is 1. The van der Waals surface area contributed by atoms with Crippen LogP contribution in [0.3, 0.4) is 0 Å². The molecule has 1 aliphatic rings. The van der Waals surface area contributed by atoms with Gasteiger partial charge in [0.15, 0.2) is 0 Å². The number of nitrogens with zero attached hydrogens (tertiary/aromatic N) is 2. The molecule has 0 spiro atoms. The molecule has 1 saturated heterocycles. The van der Waals surface area contributed by atoms with Crippen LogP contribution < -0.4 is 11.6 Å². The van der Waals surface area contributed by atoms with Crippen molar-refractivity contribution in [1.82, 2.24) is 9.91 Å². The van der Waals surface area contributed by atoms with Crippen LogP contribution in [-0.2, 0) is 11.0 Å². The number of nitrogens with two attached hydrogens (primary N) is 2. The first-order chi connectivity index (χ1) is 13.8. The summed E-state index contributed by atoms with van der Waals surface area (Å²) in [4.78, 5) is 25.5. The van der Waals surface area contributed by atoms with Crippen molar-refractivity contribution in [2.75, 3.05) is 25.4 Å². The monoisotopic (exact) mass is 468 g/mol. The van der Waals surface area contributed by atoms with Crippen molar-refractivity contribution in [1.29, 1.82) is 0 Å². The molecule has 2 aromatic rings. The van der Waals surface area contributed by atoms with E-state index in [2.05, 4.69) is 0 Å². The first-order valence-electron chi connectivity index (χ1n) is 8.26. The fourth-order valence-electron chi connectivity index (χ4n) is 2.87. The Kier molecular flexibility index (Phi) is 5.69. The van der Waals surface area contributed by atoms with Crippen LogP contribution in [0.5, 0.6) is 0 Å². The van der Waals surface area contributed by atoms with Crippen molar-refractivity contribution >= 4 is 39.8 Å². The SMILES string of the molecule is Nc1scc(-c2ccc(Cl)c(C(F)(F)F)c2)c1C(=O)N(N)CC(=O)N1CC(F)(F)C1. The zero-order chi connectivity index (χ0) is 22.4. The summed E-state index contributed by atoms with van der Waals surface area (Å²) < 4.78 is 65.2. The van der Waals surface area contributed by atoms with E-state index in [1.807, 2.05) is 0 Å². The quantitative estimate of drug-likeness (QED) is 0.311. The highest BCUT2D eigenvalue weighted by molar-refractivity contribution is 7.15. The third kappa shape index (κ3) is 4.35. The van der Waals surface area contributed by atoms with E-state index in [1.165, 1.54) is 11.4 Å². The van der Waals surface area contributed by atoms with Gasteiger partial charge >= 0.3 is 6.18 Å². The fraction of sp³-hybridized carbons (Fsp3) is 0.294. The molecule has 1 aromatic heterocycles. The summed E-state index contributed by atoms with van der Waals surface area (Å²) in [6, 6.07) is 3.09. The Morgan fingerprint density at radius 2 is 1.90 bits per heavy atom. The third-order valence-corrected chi connectivity index (χ3v) is 5.52. The first-order valence-corrected chi connectivity index (χ1v) is 9.52. The lowest BCUT2D eigenvalue weighted by molar-refractivity contribution is -0.166. The van der Waals surface area contributed by atoms with Crippen molar-refractivity contribution < 1.29 is 31.5 Å². The summed E-state index contributed by atoms with van der Waals surface area (Å²) in [6.45, 7) is -2.24. The van der Waals surface area contributed by atoms with Crippen LogP contribution in [0, 0.1) is 0 Å². The standard InChI is InChI=1S/C17H14ClF5N4O2S/c18-11-2-1-8(3-10(11)17(21,22)23)9-5-30-14(24)13(9)15(29)27(25)4-12(28)26-6-16(19,20)7-26/h1-3,5H,4,6-7,24-25H2. The predicted molar refractivity (Wildman–Crippen MR) is 101 cm³/mol. The van der Waals surface area contributed by atoms with Crippen LogP contribution in [0.2, 0.25) is 5.02 Å². The van der Waals surface area contributed by atoms with E-state index in [0.29, 0.717) is 5.01 Å². The van der Waals surface area contributed by atoms with Gasteiger partial charge in [-0.3, -0.25) is 14.6 Å². The molecule has 0 unspecified atom stereocenters. The summed E-state index contributed by atoms with van der Waals surface area (Å²) in [5, 5.41) is 1.32. The normalized spacial score (nSPS) is 15.6. The highest BCUT2D eigenvalue weighted by Gasteiger charge is 2.46. The van der Waals surface area contributed by atoms with Crippen molar-refractivity contribution in [3.63, 3.8) is 0 Å². The number of benzene rings is 1. The van der Waals surface area contributed by atoms with Gasteiger partial charge in [-0.15, -0.1) is 11.3 Å². The maximum Gasteiger partial charge on any atom is 0.417 e. The van der Waals surface area contributed by atoms with E-state index >= 15 is 0 Å². The molecule has 0 radical (unpaired) electrons. The summed E-state index contributed by atoms with van der Waals surface area (Å²) in [7, 11) is 0. The molecule has 0 aliphatic carbocycles. The van der Waals surface area contributed by atoms with Gasteiger partial charge in [-0.2, -0.15) is 13.2 Å². The number of thiophene rings is 1. The number of hydrazine groups is 1. The Bertz CT molecular complexity index is 1000. The number of carbonyl (C=O) groups is 2. The Labute approximate surface area is 175 Å². The van der Waals surface area contributed by atoms with Gasteiger partial charge in [0.05, 0.1) is 34.2 Å². The Hall–Kier alpha value is -2.44. The van der Waals surface area contributed by atoms with Crippen molar-refractivity contribution in [2.45, 2.75) is 12.1 Å². The molecule has 0 bridgehead atoms. The molecule has 3 rings (SSSR count). The third-order valence-electron chi connectivity index (χ3n) is 4.38. The highest BCUT2D eigenvalue weighted by atomic mass is 35.5. The summed E-state index contributed by atoms with van der Waals surface area (Å²) in [5.74, 6) is 0.921. The van der Waals surface area contributed by atoms with Gasteiger partial charge in [-0.25, -0.2) is 14.6 Å². The van der Waals surface area contributed by atoms with Crippen LogP contribution in [0.25, 0.3) is 11.1 Å². The summed E-state index contributed by atoms with van der Waals surface area (Å²) >= 11 is 6.52. The minimum Gasteiger partial charge on any atom is -0.390 e. The van der Waals surface area contributed by atoms with Crippen LogP contribution >= 0.6 is 22.9 Å². The largest absolute Gasteiger partial charge is 0.417 e. The summed E-state index contributed by atoms with van der Waals surface area (Å²) in [6.07, 6.45) is -4.72. The number of halogens is 6. The maximum atomic E-state index is 13.2. The minimum absolute atomic E-state index is 0.0186. The smallest absolute Gasteiger partial charge is 0.390 e. The lowest BCUT2D eigenvalue weighted by atomic mass is 10.0. The van der Waals surface area contributed by atoms with Crippen LogP contribution in [0.4, 0.5) is 27.0 Å². The second-order valence-corrected chi connectivity index (χ2v) is 7.94. The molecule has 2 amide bonds. The Morgan fingerprint density at radius 1 is 1.27 bits per heavy atom. The number of rotatable bonds is 4. The van der Waals surface area contributed by atoms with Gasteiger partial charge in [0.25, 0.3) is 11.8 Å². The molecule has 6 nitrogen and oxygen atoms in total. The number of hydrogen-bond acceptors (Lipinski definition) is 5. The first kappa shape index (κ1) is 22.2. The Morgan fingerprint density at radius 3 is 2.47 bits per heavy atom. The molecule has 1 aromatic carbocycles. The number of alkyl halides is 5. The molecule has 4 N–H and O–H groups in total. The van der Waals surface area contributed by atoms with Gasteiger partial charge in [-0.1, -0.05) is 17.7 Å². The number of hydrogen-bond donors (Lipinski definition) is 2. The van der Waals surface area contributed by atoms with Crippen LogP contribution in [0.1, 0.15) is 15.9 Å². The van der Waals surface area contributed by atoms with Gasteiger partial charge in [-0.05, 0) is 17.7 Å². The Balaban J connectivity index is 1.85. The van der Waals surface area contributed by atoms with Crippen molar-refractivity contribution in [3.05, 3.63) is 39.7 Å². The molecule has 1 fully saturated rings. The van der Waals surface area contributed by atoms with Gasteiger partial charge in [0, 0.05) is 10.9 Å². The molecule has 0 atom stereocenters. The van der Waals surface area contributed by atoms with Crippen molar-refractivity contribution in [2.24, 2.45) is 5.84 Å².